The topological polar surface area (TPSA) is 12.0 Å². The van der Waals surface area contributed by atoms with E-state index in [0.717, 1.165) is 13.0 Å². The van der Waals surface area contributed by atoms with E-state index < -0.39 is 0 Å². The molecule has 1 rings (SSSR count). The van der Waals surface area contributed by atoms with Gasteiger partial charge in [0, 0.05) is 19.0 Å². The SMILES string of the molecule is CC#CCCNC(C)c1ccccc1. The van der Waals surface area contributed by atoms with Crippen LogP contribution < -0.4 is 5.32 Å². The van der Waals surface area contributed by atoms with Crippen LogP contribution in [-0.4, -0.2) is 6.54 Å². The summed E-state index contributed by atoms with van der Waals surface area (Å²) in [5, 5.41) is 3.43. The van der Waals surface area contributed by atoms with Gasteiger partial charge in [-0.25, -0.2) is 0 Å². The lowest BCUT2D eigenvalue weighted by Crippen LogP contribution is -2.19. The third-order valence-corrected chi connectivity index (χ3v) is 2.18. The molecule has 0 aliphatic carbocycles. The third-order valence-electron chi connectivity index (χ3n) is 2.18. The Morgan fingerprint density at radius 1 is 1.29 bits per heavy atom. The van der Waals surface area contributed by atoms with E-state index in [1.165, 1.54) is 5.56 Å². The van der Waals surface area contributed by atoms with Crippen LogP contribution in [0.5, 0.6) is 0 Å². The molecule has 0 spiro atoms. The molecule has 0 aliphatic heterocycles. The lowest BCUT2D eigenvalue weighted by Gasteiger charge is -2.12. The van der Waals surface area contributed by atoms with E-state index in [-0.39, 0.29) is 0 Å². The van der Waals surface area contributed by atoms with Crippen LogP contribution in [0.15, 0.2) is 30.3 Å². The zero-order valence-corrected chi connectivity index (χ0v) is 8.88. The highest BCUT2D eigenvalue weighted by atomic mass is 14.9. The molecule has 0 fully saturated rings. The Labute approximate surface area is 86.5 Å². The van der Waals surface area contributed by atoms with Crippen molar-refractivity contribution in [3.05, 3.63) is 35.9 Å². The zero-order chi connectivity index (χ0) is 10.2. The van der Waals surface area contributed by atoms with Crippen LogP contribution in [0.1, 0.15) is 31.9 Å². The Morgan fingerprint density at radius 2 is 2.00 bits per heavy atom. The molecule has 1 atom stereocenters. The van der Waals surface area contributed by atoms with Gasteiger partial charge in [0.25, 0.3) is 0 Å². The van der Waals surface area contributed by atoms with E-state index >= 15 is 0 Å². The van der Waals surface area contributed by atoms with Crippen molar-refractivity contribution >= 4 is 0 Å². The maximum atomic E-state index is 3.43. The van der Waals surface area contributed by atoms with Crippen LogP contribution in [0, 0.1) is 11.8 Å². The lowest BCUT2D eigenvalue weighted by atomic mass is 10.1. The van der Waals surface area contributed by atoms with Gasteiger partial charge in [0.15, 0.2) is 0 Å². The molecule has 0 saturated heterocycles. The first kappa shape index (κ1) is 10.8. The molecule has 0 aromatic heterocycles. The molecule has 1 nitrogen and oxygen atoms in total. The molecule has 1 aromatic carbocycles. The Morgan fingerprint density at radius 3 is 2.64 bits per heavy atom. The second-order valence-electron chi connectivity index (χ2n) is 3.26. The van der Waals surface area contributed by atoms with E-state index in [1.807, 2.05) is 13.0 Å². The van der Waals surface area contributed by atoms with Crippen LogP contribution in [0.3, 0.4) is 0 Å². The number of nitrogens with one attached hydrogen (secondary N) is 1. The van der Waals surface area contributed by atoms with Gasteiger partial charge >= 0.3 is 0 Å². The quantitative estimate of drug-likeness (QED) is 0.564. The summed E-state index contributed by atoms with van der Waals surface area (Å²) in [5.74, 6) is 5.93. The van der Waals surface area contributed by atoms with Crippen LogP contribution in [0.4, 0.5) is 0 Å². The normalized spacial score (nSPS) is 11.6. The molecule has 1 unspecified atom stereocenters. The molecule has 0 heterocycles. The first-order valence-corrected chi connectivity index (χ1v) is 5.02. The molecule has 1 aromatic rings. The molecule has 0 radical (unpaired) electrons. The minimum absolute atomic E-state index is 0.412. The average Bonchev–Trinajstić information content (AvgIpc) is 2.25. The summed E-state index contributed by atoms with van der Waals surface area (Å²) < 4.78 is 0. The van der Waals surface area contributed by atoms with E-state index in [9.17, 15) is 0 Å². The highest BCUT2D eigenvalue weighted by molar-refractivity contribution is 5.18. The molecular formula is C13H17N. The maximum Gasteiger partial charge on any atom is 0.0292 e. The predicted octanol–water partition coefficient (Wildman–Crippen LogP) is 2.75. The van der Waals surface area contributed by atoms with Gasteiger partial charge < -0.3 is 5.32 Å². The van der Waals surface area contributed by atoms with E-state index in [1.54, 1.807) is 0 Å². The van der Waals surface area contributed by atoms with Gasteiger partial charge in [-0.15, -0.1) is 11.8 Å². The van der Waals surface area contributed by atoms with Crippen LogP contribution in [-0.2, 0) is 0 Å². The molecular weight excluding hydrogens is 170 g/mol. The van der Waals surface area contributed by atoms with Crippen molar-refractivity contribution < 1.29 is 0 Å². The van der Waals surface area contributed by atoms with E-state index in [0.29, 0.717) is 6.04 Å². The van der Waals surface area contributed by atoms with Gasteiger partial charge in [-0.1, -0.05) is 30.3 Å². The Bertz CT molecular complexity index is 305. The van der Waals surface area contributed by atoms with Crippen molar-refractivity contribution in [1.82, 2.24) is 5.32 Å². The monoisotopic (exact) mass is 187 g/mol. The first-order valence-electron chi connectivity index (χ1n) is 5.02. The minimum Gasteiger partial charge on any atom is -0.309 e. The van der Waals surface area contributed by atoms with E-state index in [2.05, 4.69) is 48.3 Å². The van der Waals surface area contributed by atoms with Crippen molar-refractivity contribution in [1.29, 1.82) is 0 Å². The summed E-state index contributed by atoms with van der Waals surface area (Å²) in [6.07, 6.45) is 0.924. The molecule has 14 heavy (non-hydrogen) atoms. The summed E-state index contributed by atoms with van der Waals surface area (Å²) >= 11 is 0. The predicted molar refractivity (Wildman–Crippen MR) is 60.9 cm³/mol. The molecule has 1 heteroatoms. The van der Waals surface area contributed by atoms with Crippen LogP contribution >= 0.6 is 0 Å². The van der Waals surface area contributed by atoms with Crippen LogP contribution in [0.2, 0.25) is 0 Å². The van der Waals surface area contributed by atoms with Gasteiger partial charge in [0.2, 0.25) is 0 Å². The fourth-order valence-corrected chi connectivity index (χ4v) is 1.34. The second kappa shape index (κ2) is 6.23. The van der Waals surface area contributed by atoms with Gasteiger partial charge in [0.05, 0.1) is 0 Å². The van der Waals surface area contributed by atoms with Crippen molar-refractivity contribution in [3.63, 3.8) is 0 Å². The molecule has 1 N–H and O–H groups in total. The number of rotatable bonds is 4. The van der Waals surface area contributed by atoms with Crippen molar-refractivity contribution in [2.45, 2.75) is 26.3 Å². The van der Waals surface area contributed by atoms with Crippen LogP contribution in [0.25, 0.3) is 0 Å². The summed E-state index contributed by atoms with van der Waals surface area (Å²) in [6, 6.07) is 10.9. The van der Waals surface area contributed by atoms with Gasteiger partial charge in [-0.2, -0.15) is 0 Å². The molecule has 0 bridgehead atoms. The Balaban J connectivity index is 2.34. The molecule has 0 amide bonds. The zero-order valence-electron chi connectivity index (χ0n) is 8.88. The standard InChI is InChI=1S/C13H17N/c1-3-4-8-11-14-12(2)13-9-6-5-7-10-13/h5-7,9-10,12,14H,8,11H2,1-2H3. The Kier molecular flexibility index (Phi) is 4.82. The fraction of sp³-hybridized carbons (Fsp3) is 0.385. The number of hydrogen-bond acceptors (Lipinski definition) is 1. The maximum absolute atomic E-state index is 3.43. The lowest BCUT2D eigenvalue weighted by molar-refractivity contribution is 0.584. The Hall–Kier alpha value is -1.26. The second-order valence-corrected chi connectivity index (χ2v) is 3.26. The molecule has 74 valence electrons. The number of hydrogen-bond donors (Lipinski definition) is 1. The minimum atomic E-state index is 0.412. The van der Waals surface area contributed by atoms with Gasteiger partial charge in [-0.3, -0.25) is 0 Å². The number of benzene rings is 1. The molecule has 0 saturated carbocycles. The van der Waals surface area contributed by atoms with Crippen molar-refractivity contribution in [2.24, 2.45) is 0 Å². The van der Waals surface area contributed by atoms with E-state index in [4.69, 9.17) is 0 Å². The smallest absolute Gasteiger partial charge is 0.0292 e. The largest absolute Gasteiger partial charge is 0.309 e. The summed E-state index contributed by atoms with van der Waals surface area (Å²) in [5.41, 5.74) is 1.33. The fourth-order valence-electron chi connectivity index (χ4n) is 1.34. The highest BCUT2D eigenvalue weighted by Gasteiger charge is 2.01. The van der Waals surface area contributed by atoms with Gasteiger partial charge in [0.1, 0.15) is 0 Å². The van der Waals surface area contributed by atoms with Crippen molar-refractivity contribution in [2.75, 3.05) is 6.54 Å². The summed E-state index contributed by atoms with van der Waals surface area (Å²) in [6.45, 7) is 5.01. The third kappa shape index (κ3) is 3.64. The van der Waals surface area contributed by atoms with Crippen molar-refractivity contribution in [3.8, 4) is 11.8 Å². The highest BCUT2D eigenvalue weighted by Crippen LogP contribution is 2.10. The summed E-state index contributed by atoms with van der Waals surface area (Å²) in [4.78, 5) is 0. The van der Waals surface area contributed by atoms with Gasteiger partial charge in [-0.05, 0) is 19.4 Å². The first-order chi connectivity index (χ1) is 6.84. The molecule has 0 aliphatic rings. The average molecular weight is 187 g/mol. The summed E-state index contributed by atoms with van der Waals surface area (Å²) in [7, 11) is 0.